The molecule has 0 fully saturated rings. The quantitative estimate of drug-likeness (QED) is 0.350. The Balaban J connectivity index is 2.94. The molecule has 0 saturated heterocycles. The van der Waals surface area contributed by atoms with E-state index in [1.54, 1.807) is 6.92 Å². The van der Waals surface area contributed by atoms with Crippen LogP contribution in [0.2, 0.25) is 5.02 Å². The van der Waals surface area contributed by atoms with E-state index in [0.29, 0.717) is 0 Å². The summed E-state index contributed by atoms with van der Waals surface area (Å²) in [6.45, 7) is 1.80. The molecule has 122 valence electrons. The van der Waals surface area contributed by atoms with Crippen LogP contribution in [0, 0.1) is 0 Å². The molecule has 0 saturated carbocycles. The van der Waals surface area contributed by atoms with Gasteiger partial charge in [0, 0.05) is 12.1 Å². The molecule has 0 unspecified atom stereocenters. The van der Waals surface area contributed by atoms with Crippen molar-refractivity contribution in [1.82, 2.24) is 0 Å². The molecule has 0 bridgehead atoms. The standard InChI is InChI=1S/C12H10ClF3O5S/c1-2-20-11(17)6-4-8-3-5-9(7-10(8)13)21-22(18,19)12(14,15)16/h3-7H,2H2,1H3/b6-4+. The van der Waals surface area contributed by atoms with Crippen molar-refractivity contribution in [3.63, 3.8) is 0 Å². The van der Waals surface area contributed by atoms with E-state index in [2.05, 4.69) is 8.92 Å². The van der Waals surface area contributed by atoms with Gasteiger partial charge in [-0.05, 0) is 30.7 Å². The first-order valence-corrected chi connectivity index (χ1v) is 7.50. The number of carbonyl (C=O) groups excluding carboxylic acids is 1. The van der Waals surface area contributed by atoms with Gasteiger partial charge in [0.1, 0.15) is 5.75 Å². The summed E-state index contributed by atoms with van der Waals surface area (Å²) in [4.78, 5) is 11.1. The Hall–Kier alpha value is -1.74. The SMILES string of the molecule is CCOC(=O)/C=C/c1ccc(OS(=O)(=O)C(F)(F)F)cc1Cl. The lowest BCUT2D eigenvalue weighted by molar-refractivity contribution is -0.137. The zero-order valence-electron chi connectivity index (χ0n) is 11.1. The summed E-state index contributed by atoms with van der Waals surface area (Å²) in [5.74, 6) is -1.23. The molecule has 0 heterocycles. The van der Waals surface area contributed by atoms with Gasteiger partial charge in [-0.25, -0.2) is 4.79 Å². The average Bonchev–Trinajstić information content (AvgIpc) is 2.36. The minimum atomic E-state index is -5.76. The van der Waals surface area contributed by atoms with Crippen molar-refractivity contribution >= 4 is 33.8 Å². The van der Waals surface area contributed by atoms with Crippen LogP contribution in [-0.2, 0) is 19.6 Å². The molecular formula is C12H10ClF3O5S. The van der Waals surface area contributed by atoms with E-state index in [0.717, 1.165) is 18.2 Å². The number of hydrogen-bond donors (Lipinski definition) is 0. The molecule has 0 aliphatic heterocycles. The van der Waals surface area contributed by atoms with Gasteiger partial charge in [0.2, 0.25) is 0 Å². The van der Waals surface area contributed by atoms with Crippen molar-refractivity contribution in [2.45, 2.75) is 12.4 Å². The van der Waals surface area contributed by atoms with E-state index in [-0.39, 0.29) is 17.2 Å². The third-order valence-electron chi connectivity index (χ3n) is 2.15. The van der Waals surface area contributed by atoms with Crippen molar-refractivity contribution in [3.05, 3.63) is 34.9 Å². The zero-order chi connectivity index (χ0) is 17.0. The molecule has 5 nitrogen and oxygen atoms in total. The number of ether oxygens (including phenoxy) is 1. The lowest BCUT2D eigenvalue weighted by Crippen LogP contribution is -2.28. The van der Waals surface area contributed by atoms with Gasteiger partial charge in [-0.3, -0.25) is 0 Å². The second kappa shape index (κ2) is 7.01. The van der Waals surface area contributed by atoms with E-state index in [1.165, 1.54) is 12.1 Å². The second-order valence-corrected chi connectivity index (χ2v) is 5.70. The van der Waals surface area contributed by atoms with Crippen molar-refractivity contribution in [3.8, 4) is 5.75 Å². The summed E-state index contributed by atoms with van der Waals surface area (Å²) >= 11 is 5.77. The predicted molar refractivity (Wildman–Crippen MR) is 72.7 cm³/mol. The number of alkyl halides is 3. The number of carbonyl (C=O) groups is 1. The Labute approximate surface area is 129 Å². The second-order valence-electron chi connectivity index (χ2n) is 3.75. The maximum atomic E-state index is 12.2. The molecule has 0 N–H and O–H groups in total. The monoisotopic (exact) mass is 358 g/mol. The highest BCUT2D eigenvalue weighted by atomic mass is 35.5. The van der Waals surface area contributed by atoms with Crippen LogP contribution in [-0.4, -0.2) is 26.5 Å². The number of rotatable bonds is 5. The van der Waals surface area contributed by atoms with Crippen molar-refractivity contribution < 1.29 is 35.3 Å². The minimum Gasteiger partial charge on any atom is -0.463 e. The lowest BCUT2D eigenvalue weighted by Gasteiger charge is -2.10. The molecule has 0 aliphatic rings. The van der Waals surface area contributed by atoms with Gasteiger partial charge < -0.3 is 8.92 Å². The van der Waals surface area contributed by atoms with Crippen molar-refractivity contribution in [1.29, 1.82) is 0 Å². The zero-order valence-corrected chi connectivity index (χ0v) is 12.6. The Morgan fingerprint density at radius 1 is 1.36 bits per heavy atom. The third-order valence-corrected chi connectivity index (χ3v) is 3.45. The summed E-state index contributed by atoms with van der Waals surface area (Å²) in [5, 5.41) is -0.101. The maximum absolute atomic E-state index is 12.2. The maximum Gasteiger partial charge on any atom is 0.534 e. The Morgan fingerprint density at radius 2 is 2.00 bits per heavy atom. The van der Waals surface area contributed by atoms with Crippen LogP contribution < -0.4 is 4.18 Å². The number of halogens is 4. The molecule has 0 radical (unpaired) electrons. The summed E-state index contributed by atoms with van der Waals surface area (Å²) in [6.07, 6.45) is 2.33. The highest BCUT2D eigenvalue weighted by Crippen LogP contribution is 2.29. The average molecular weight is 359 g/mol. The summed E-state index contributed by atoms with van der Waals surface area (Å²) < 4.78 is 66.7. The molecule has 0 amide bonds. The van der Waals surface area contributed by atoms with Crippen LogP contribution in [0.25, 0.3) is 6.08 Å². The van der Waals surface area contributed by atoms with Crippen molar-refractivity contribution in [2.24, 2.45) is 0 Å². The van der Waals surface area contributed by atoms with E-state index < -0.39 is 27.3 Å². The topological polar surface area (TPSA) is 69.7 Å². The molecule has 22 heavy (non-hydrogen) atoms. The van der Waals surface area contributed by atoms with Gasteiger partial charge in [0.15, 0.2) is 0 Å². The minimum absolute atomic E-state index is 0.101. The van der Waals surface area contributed by atoms with Gasteiger partial charge in [-0.2, -0.15) is 21.6 Å². The fourth-order valence-corrected chi connectivity index (χ4v) is 1.90. The molecule has 0 spiro atoms. The Bertz CT molecular complexity index is 682. The van der Waals surface area contributed by atoms with Crippen LogP contribution in [0.3, 0.4) is 0 Å². The highest BCUT2D eigenvalue weighted by molar-refractivity contribution is 7.88. The molecule has 0 aliphatic carbocycles. The first-order chi connectivity index (χ1) is 10.1. The third kappa shape index (κ3) is 4.92. The molecule has 1 aromatic rings. The molecule has 0 aromatic heterocycles. The Morgan fingerprint density at radius 3 is 2.50 bits per heavy atom. The van der Waals surface area contributed by atoms with E-state index >= 15 is 0 Å². The number of esters is 1. The van der Waals surface area contributed by atoms with Gasteiger partial charge in [0.25, 0.3) is 0 Å². The van der Waals surface area contributed by atoms with E-state index in [1.807, 2.05) is 0 Å². The fourth-order valence-electron chi connectivity index (χ4n) is 1.22. The largest absolute Gasteiger partial charge is 0.534 e. The lowest BCUT2D eigenvalue weighted by atomic mass is 10.2. The van der Waals surface area contributed by atoms with Gasteiger partial charge in [-0.15, -0.1) is 0 Å². The number of benzene rings is 1. The Kier molecular flexibility index (Phi) is 5.84. The summed E-state index contributed by atoms with van der Waals surface area (Å²) in [6, 6.07) is 3.05. The highest BCUT2D eigenvalue weighted by Gasteiger charge is 2.48. The molecule has 1 rings (SSSR count). The van der Waals surface area contributed by atoms with Crippen LogP contribution >= 0.6 is 11.6 Å². The van der Waals surface area contributed by atoms with Crippen LogP contribution in [0.4, 0.5) is 13.2 Å². The van der Waals surface area contributed by atoms with E-state index in [4.69, 9.17) is 11.6 Å². The molecule has 1 aromatic carbocycles. The van der Waals surface area contributed by atoms with Gasteiger partial charge in [0.05, 0.1) is 11.6 Å². The fraction of sp³-hybridized carbons (Fsp3) is 0.250. The smallest absolute Gasteiger partial charge is 0.463 e. The molecule has 10 heteroatoms. The van der Waals surface area contributed by atoms with Crippen LogP contribution in [0.5, 0.6) is 5.75 Å². The first-order valence-electron chi connectivity index (χ1n) is 5.72. The normalized spacial score (nSPS) is 12.4. The van der Waals surface area contributed by atoms with Crippen LogP contribution in [0.1, 0.15) is 12.5 Å². The first kappa shape index (κ1) is 18.3. The molecule has 0 atom stereocenters. The predicted octanol–water partition coefficient (Wildman–Crippen LogP) is 3.14. The van der Waals surface area contributed by atoms with Gasteiger partial charge in [-0.1, -0.05) is 11.6 Å². The molecular weight excluding hydrogens is 349 g/mol. The van der Waals surface area contributed by atoms with Gasteiger partial charge >= 0.3 is 21.6 Å². The van der Waals surface area contributed by atoms with Crippen LogP contribution in [0.15, 0.2) is 24.3 Å². The summed E-state index contributed by atoms with van der Waals surface area (Å²) in [5.41, 5.74) is -5.27. The summed E-state index contributed by atoms with van der Waals surface area (Å²) in [7, 11) is -5.76. The van der Waals surface area contributed by atoms with Crippen molar-refractivity contribution in [2.75, 3.05) is 6.61 Å². The number of hydrogen-bond acceptors (Lipinski definition) is 5. The van der Waals surface area contributed by atoms with E-state index in [9.17, 15) is 26.4 Å².